The molecule has 1 aromatic rings. The molecular weight excluding hydrogens is 324 g/mol. The summed E-state index contributed by atoms with van der Waals surface area (Å²) in [5.41, 5.74) is 1.19. The molecule has 0 aromatic carbocycles. The van der Waals surface area contributed by atoms with Crippen molar-refractivity contribution in [1.29, 1.82) is 0 Å². The number of amides is 1. The lowest BCUT2D eigenvalue weighted by Gasteiger charge is -2.20. The summed E-state index contributed by atoms with van der Waals surface area (Å²) in [4.78, 5) is 13.8. The van der Waals surface area contributed by atoms with Crippen molar-refractivity contribution in [3.05, 3.63) is 20.8 Å². The average Bonchev–Trinajstić information content (AvgIpc) is 2.88. The van der Waals surface area contributed by atoms with Crippen LogP contribution < -0.4 is 5.32 Å². The number of likely N-dealkylation sites (N-methyl/N-ethyl adjacent to an activating group) is 1. The van der Waals surface area contributed by atoms with Gasteiger partial charge in [0.25, 0.3) is 0 Å². The predicted molar refractivity (Wildman–Crippen MR) is 76.8 cm³/mol. The number of rotatable bonds is 3. The molecule has 3 nitrogen and oxygen atoms in total. The van der Waals surface area contributed by atoms with Gasteiger partial charge in [0.15, 0.2) is 0 Å². The van der Waals surface area contributed by atoms with Gasteiger partial charge in [-0.15, -0.1) is 23.7 Å². The molecule has 96 valence electrons. The summed E-state index contributed by atoms with van der Waals surface area (Å²) in [6, 6.07) is 2.10. The highest BCUT2D eigenvalue weighted by atomic mass is 79.9. The Morgan fingerprint density at radius 1 is 1.71 bits per heavy atom. The highest BCUT2D eigenvalue weighted by Crippen LogP contribution is 2.21. The third kappa shape index (κ3) is 3.95. The third-order valence-corrected chi connectivity index (χ3v) is 4.33. The van der Waals surface area contributed by atoms with E-state index in [0.29, 0.717) is 6.54 Å². The molecule has 2 rings (SSSR count). The van der Waals surface area contributed by atoms with Crippen molar-refractivity contribution in [3.63, 3.8) is 0 Å². The van der Waals surface area contributed by atoms with Crippen LogP contribution in [-0.4, -0.2) is 30.4 Å². The molecular formula is C11H16BrClN2OS. The van der Waals surface area contributed by atoms with Crippen LogP contribution in [0.5, 0.6) is 0 Å². The van der Waals surface area contributed by atoms with E-state index in [-0.39, 0.29) is 24.4 Å². The molecule has 1 atom stereocenters. The van der Waals surface area contributed by atoms with E-state index >= 15 is 0 Å². The first-order valence-electron chi connectivity index (χ1n) is 5.38. The summed E-state index contributed by atoms with van der Waals surface area (Å²) in [7, 11) is 1.87. The van der Waals surface area contributed by atoms with Gasteiger partial charge in [-0.1, -0.05) is 0 Å². The zero-order chi connectivity index (χ0) is 11.5. The van der Waals surface area contributed by atoms with Gasteiger partial charge >= 0.3 is 0 Å². The van der Waals surface area contributed by atoms with Gasteiger partial charge in [0.05, 0.1) is 9.83 Å². The van der Waals surface area contributed by atoms with Crippen LogP contribution in [0.4, 0.5) is 0 Å². The molecule has 1 amide bonds. The van der Waals surface area contributed by atoms with Crippen LogP contribution >= 0.6 is 39.7 Å². The van der Waals surface area contributed by atoms with Crippen LogP contribution in [0.2, 0.25) is 0 Å². The molecule has 0 spiro atoms. The first-order chi connectivity index (χ1) is 7.66. The van der Waals surface area contributed by atoms with Crippen molar-refractivity contribution in [3.8, 4) is 0 Å². The zero-order valence-electron chi connectivity index (χ0n) is 9.61. The standard InChI is InChI=1S/C11H15BrN2OS.ClH/c1-14(6-8-5-10(12)16-7-8)11(15)9-3-2-4-13-9;/h5,7,9,13H,2-4,6H2,1H3;1H. The van der Waals surface area contributed by atoms with E-state index in [1.165, 1.54) is 5.56 Å². The number of hydrogen-bond acceptors (Lipinski definition) is 3. The van der Waals surface area contributed by atoms with Crippen molar-refractivity contribution >= 4 is 45.6 Å². The van der Waals surface area contributed by atoms with E-state index in [2.05, 4.69) is 32.7 Å². The lowest BCUT2D eigenvalue weighted by Crippen LogP contribution is -2.41. The summed E-state index contributed by atoms with van der Waals surface area (Å²) in [6.45, 7) is 1.66. The number of halogens is 2. The highest BCUT2D eigenvalue weighted by molar-refractivity contribution is 9.11. The Kier molecular flexibility index (Phi) is 5.92. The number of carbonyl (C=O) groups excluding carboxylic acids is 1. The van der Waals surface area contributed by atoms with Crippen molar-refractivity contribution in [2.75, 3.05) is 13.6 Å². The van der Waals surface area contributed by atoms with Gasteiger partial charge in [-0.25, -0.2) is 0 Å². The summed E-state index contributed by atoms with van der Waals surface area (Å²) < 4.78 is 1.11. The van der Waals surface area contributed by atoms with Crippen molar-refractivity contribution in [1.82, 2.24) is 10.2 Å². The summed E-state index contributed by atoms with van der Waals surface area (Å²) in [6.07, 6.45) is 2.07. The summed E-state index contributed by atoms with van der Waals surface area (Å²) in [5.74, 6) is 0.208. The van der Waals surface area contributed by atoms with Crippen LogP contribution in [0.25, 0.3) is 0 Å². The second-order valence-corrected chi connectivity index (χ2v) is 6.39. The molecule has 1 aromatic heterocycles. The Bertz CT molecular complexity index is 379. The minimum Gasteiger partial charge on any atom is -0.340 e. The molecule has 17 heavy (non-hydrogen) atoms. The van der Waals surface area contributed by atoms with Gasteiger partial charge in [-0.05, 0) is 52.3 Å². The van der Waals surface area contributed by atoms with Crippen LogP contribution in [0.3, 0.4) is 0 Å². The molecule has 0 saturated carbocycles. The van der Waals surface area contributed by atoms with E-state index in [1.807, 2.05) is 7.05 Å². The van der Waals surface area contributed by atoms with E-state index in [9.17, 15) is 4.79 Å². The van der Waals surface area contributed by atoms with Gasteiger partial charge in [0, 0.05) is 13.6 Å². The largest absolute Gasteiger partial charge is 0.340 e. The maximum Gasteiger partial charge on any atom is 0.239 e. The zero-order valence-corrected chi connectivity index (χ0v) is 12.8. The molecule has 0 bridgehead atoms. The maximum absolute atomic E-state index is 12.0. The van der Waals surface area contributed by atoms with Crippen molar-refractivity contribution in [2.24, 2.45) is 0 Å². The van der Waals surface area contributed by atoms with Crippen LogP contribution in [0.1, 0.15) is 18.4 Å². The third-order valence-electron chi connectivity index (χ3n) is 2.78. The summed E-state index contributed by atoms with van der Waals surface area (Å²) >= 11 is 5.08. The second-order valence-electron chi connectivity index (χ2n) is 4.10. The monoisotopic (exact) mass is 338 g/mol. The van der Waals surface area contributed by atoms with Gasteiger partial charge in [-0.2, -0.15) is 0 Å². The minimum absolute atomic E-state index is 0. The SMILES string of the molecule is CN(Cc1csc(Br)c1)C(=O)C1CCCN1.Cl. The molecule has 0 aliphatic carbocycles. The predicted octanol–water partition coefficient (Wildman–Crippen LogP) is 2.64. The lowest BCUT2D eigenvalue weighted by molar-refractivity contribution is -0.132. The molecule has 1 unspecified atom stereocenters. The topological polar surface area (TPSA) is 32.3 Å². The van der Waals surface area contributed by atoms with Crippen LogP contribution in [0, 0.1) is 0 Å². The summed E-state index contributed by atoms with van der Waals surface area (Å²) in [5, 5.41) is 5.31. The Hall–Kier alpha value is -0.100. The molecule has 2 heterocycles. The van der Waals surface area contributed by atoms with E-state index in [0.717, 1.165) is 23.2 Å². The molecule has 6 heteroatoms. The number of nitrogens with zero attached hydrogens (tertiary/aromatic N) is 1. The first-order valence-corrected chi connectivity index (χ1v) is 7.05. The molecule has 1 fully saturated rings. The smallest absolute Gasteiger partial charge is 0.239 e. The highest BCUT2D eigenvalue weighted by Gasteiger charge is 2.24. The van der Waals surface area contributed by atoms with Crippen LogP contribution in [0.15, 0.2) is 15.2 Å². The van der Waals surface area contributed by atoms with Gasteiger partial charge in [0.2, 0.25) is 5.91 Å². The fourth-order valence-corrected chi connectivity index (χ4v) is 3.14. The van der Waals surface area contributed by atoms with Crippen LogP contribution in [-0.2, 0) is 11.3 Å². The molecule has 1 aliphatic heterocycles. The molecule has 1 aliphatic rings. The van der Waals surface area contributed by atoms with Gasteiger partial charge < -0.3 is 10.2 Å². The first kappa shape index (κ1) is 15.0. The number of carbonyl (C=O) groups is 1. The Morgan fingerprint density at radius 3 is 3.00 bits per heavy atom. The molecule has 0 radical (unpaired) electrons. The quantitative estimate of drug-likeness (QED) is 0.918. The normalized spacial score (nSPS) is 18.8. The maximum atomic E-state index is 12.0. The van der Waals surface area contributed by atoms with Gasteiger partial charge in [-0.3, -0.25) is 4.79 Å². The fraction of sp³-hybridized carbons (Fsp3) is 0.545. The Balaban J connectivity index is 0.00000144. The Labute approximate surface area is 120 Å². The van der Waals surface area contributed by atoms with Gasteiger partial charge in [0.1, 0.15) is 0 Å². The van der Waals surface area contributed by atoms with E-state index in [4.69, 9.17) is 0 Å². The second kappa shape index (κ2) is 6.73. The minimum atomic E-state index is 0. The number of nitrogens with one attached hydrogen (secondary N) is 1. The average molecular weight is 340 g/mol. The van der Waals surface area contributed by atoms with Crippen molar-refractivity contribution < 1.29 is 4.79 Å². The lowest BCUT2D eigenvalue weighted by atomic mass is 10.2. The number of thiophene rings is 1. The van der Waals surface area contributed by atoms with E-state index < -0.39 is 0 Å². The van der Waals surface area contributed by atoms with Crippen molar-refractivity contribution in [2.45, 2.75) is 25.4 Å². The molecule has 1 N–H and O–H groups in total. The van der Waals surface area contributed by atoms with E-state index in [1.54, 1.807) is 16.2 Å². The number of hydrogen-bond donors (Lipinski definition) is 1. The fourth-order valence-electron chi connectivity index (χ4n) is 1.94. The molecule has 1 saturated heterocycles. The Morgan fingerprint density at radius 2 is 2.47 bits per heavy atom.